The number of hydrogen-bond acceptors (Lipinski definition) is 6. The Bertz CT molecular complexity index is 771. The van der Waals surface area contributed by atoms with E-state index in [9.17, 15) is 4.79 Å². The lowest BCUT2D eigenvalue weighted by Gasteiger charge is -2.01. The lowest BCUT2D eigenvalue weighted by Crippen LogP contribution is -2.20. The molecule has 3 rings (SSSR count). The van der Waals surface area contributed by atoms with E-state index in [1.54, 1.807) is 13.1 Å². The largest absolute Gasteiger partial charge is 0.444 e. The van der Waals surface area contributed by atoms with Gasteiger partial charge in [0.2, 0.25) is 0 Å². The van der Waals surface area contributed by atoms with Gasteiger partial charge >= 0.3 is 0 Å². The van der Waals surface area contributed by atoms with Gasteiger partial charge in [0.1, 0.15) is 5.76 Å². The summed E-state index contributed by atoms with van der Waals surface area (Å²) >= 11 is 1.24. The molecule has 0 aliphatic heterocycles. The fraction of sp³-hybridized carbons (Fsp3) is 0.273. The summed E-state index contributed by atoms with van der Waals surface area (Å²) < 4.78 is 11.0. The molecule has 0 spiro atoms. The molecular weight excluding hydrogens is 252 g/mol. The first-order valence-electron chi connectivity index (χ1n) is 5.38. The van der Waals surface area contributed by atoms with Crippen molar-refractivity contribution >= 4 is 21.7 Å². The zero-order valence-corrected chi connectivity index (χ0v) is 10.7. The van der Waals surface area contributed by atoms with Crippen molar-refractivity contribution in [2.24, 2.45) is 0 Å². The zero-order chi connectivity index (χ0) is 12.7. The van der Waals surface area contributed by atoms with Crippen LogP contribution in [0.25, 0.3) is 10.2 Å². The molecule has 0 aromatic carbocycles. The highest BCUT2D eigenvalue weighted by atomic mass is 32.1. The van der Waals surface area contributed by atoms with Crippen LogP contribution in [0.3, 0.4) is 0 Å². The minimum atomic E-state index is -0.0969. The van der Waals surface area contributed by atoms with E-state index >= 15 is 0 Å². The Hall–Kier alpha value is -2.02. The molecule has 0 aliphatic rings. The highest BCUT2D eigenvalue weighted by Crippen LogP contribution is 2.15. The van der Waals surface area contributed by atoms with Crippen LogP contribution in [0.15, 0.2) is 21.7 Å². The number of aromatic nitrogens is 4. The monoisotopic (exact) mass is 262 g/mol. The van der Waals surface area contributed by atoms with Crippen molar-refractivity contribution in [3.05, 3.63) is 40.2 Å². The second kappa shape index (κ2) is 4.02. The Morgan fingerprint density at radius 2 is 2.22 bits per heavy atom. The van der Waals surface area contributed by atoms with Crippen LogP contribution in [0.4, 0.5) is 0 Å². The summed E-state index contributed by atoms with van der Waals surface area (Å²) in [6.45, 7) is 3.91. The summed E-state index contributed by atoms with van der Waals surface area (Å²) in [5, 5.41) is 0.582. The standard InChI is InChI=1S/C11H10N4O2S/c1-6-9-10(18-14-6)13-5-15(11(9)16)4-8-3-12-7(2)17-8/h3,5H,4H2,1-2H3. The van der Waals surface area contributed by atoms with Gasteiger partial charge in [-0.2, -0.15) is 4.37 Å². The Balaban J connectivity index is 2.10. The Morgan fingerprint density at radius 3 is 2.94 bits per heavy atom. The van der Waals surface area contributed by atoms with Gasteiger partial charge in [0.25, 0.3) is 5.56 Å². The number of aryl methyl sites for hydroxylation is 2. The van der Waals surface area contributed by atoms with Crippen LogP contribution < -0.4 is 5.56 Å². The number of rotatable bonds is 2. The molecular formula is C11H10N4O2S. The first kappa shape index (κ1) is 11.1. The van der Waals surface area contributed by atoms with Crippen LogP contribution >= 0.6 is 11.5 Å². The summed E-state index contributed by atoms with van der Waals surface area (Å²) in [5.41, 5.74) is 0.621. The third kappa shape index (κ3) is 1.72. The minimum Gasteiger partial charge on any atom is -0.444 e. The fourth-order valence-corrected chi connectivity index (χ4v) is 2.50. The first-order chi connectivity index (χ1) is 8.65. The van der Waals surface area contributed by atoms with Crippen LogP contribution in [0.5, 0.6) is 0 Å². The van der Waals surface area contributed by atoms with Crippen molar-refractivity contribution < 1.29 is 4.42 Å². The molecule has 0 N–H and O–H groups in total. The Kier molecular flexibility index (Phi) is 2.48. The quantitative estimate of drug-likeness (QED) is 0.699. The van der Waals surface area contributed by atoms with Gasteiger partial charge in [-0.25, -0.2) is 9.97 Å². The van der Waals surface area contributed by atoms with Crippen molar-refractivity contribution in [1.82, 2.24) is 18.9 Å². The average molecular weight is 262 g/mol. The van der Waals surface area contributed by atoms with Gasteiger partial charge in [-0.1, -0.05) is 0 Å². The molecule has 0 amide bonds. The van der Waals surface area contributed by atoms with Crippen molar-refractivity contribution in [3.8, 4) is 0 Å². The summed E-state index contributed by atoms with van der Waals surface area (Å²) in [4.78, 5) is 21.1. The van der Waals surface area contributed by atoms with Crippen molar-refractivity contribution in [2.75, 3.05) is 0 Å². The number of fused-ring (bicyclic) bond motifs is 1. The van der Waals surface area contributed by atoms with Crippen LogP contribution in [0.1, 0.15) is 17.3 Å². The minimum absolute atomic E-state index is 0.0969. The van der Waals surface area contributed by atoms with Crippen LogP contribution in [-0.2, 0) is 6.54 Å². The van der Waals surface area contributed by atoms with Crippen molar-refractivity contribution in [1.29, 1.82) is 0 Å². The molecule has 0 radical (unpaired) electrons. The van der Waals surface area contributed by atoms with Gasteiger partial charge in [0, 0.05) is 6.92 Å². The second-order valence-electron chi connectivity index (χ2n) is 3.97. The van der Waals surface area contributed by atoms with Gasteiger partial charge in [-0.3, -0.25) is 9.36 Å². The fourth-order valence-electron chi connectivity index (χ4n) is 1.77. The van der Waals surface area contributed by atoms with Crippen LogP contribution in [0, 0.1) is 13.8 Å². The summed E-state index contributed by atoms with van der Waals surface area (Å²) in [6, 6.07) is 0. The number of oxazole rings is 1. The molecule has 6 nitrogen and oxygen atoms in total. The lowest BCUT2D eigenvalue weighted by atomic mass is 10.3. The predicted octanol–water partition coefficient (Wildman–Crippen LogP) is 1.51. The Morgan fingerprint density at radius 1 is 1.39 bits per heavy atom. The third-order valence-electron chi connectivity index (χ3n) is 2.63. The topological polar surface area (TPSA) is 73.8 Å². The molecule has 7 heteroatoms. The molecule has 92 valence electrons. The predicted molar refractivity (Wildman–Crippen MR) is 66.8 cm³/mol. The maximum atomic E-state index is 12.2. The molecule has 18 heavy (non-hydrogen) atoms. The maximum Gasteiger partial charge on any atom is 0.264 e. The summed E-state index contributed by atoms with van der Waals surface area (Å²) in [6.07, 6.45) is 3.13. The maximum absolute atomic E-state index is 12.2. The van der Waals surface area contributed by atoms with Gasteiger partial charge in [-0.05, 0) is 18.5 Å². The molecule has 0 saturated heterocycles. The molecule has 0 unspecified atom stereocenters. The SMILES string of the molecule is Cc1ncc(Cn2cnc3snc(C)c3c2=O)o1. The van der Waals surface area contributed by atoms with Crippen molar-refractivity contribution in [2.45, 2.75) is 20.4 Å². The van der Waals surface area contributed by atoms with Crippen LogP contribution in [-0.4, -0.2) is 18.9 Å². The summed E-state index contributed by atoms with van der Waals surface area (Å²) in [5.74, 6) is 1.22. The number of nitrogens with zero attached hydrogens (tertiary/aromatic N) is 4. The van der Waals surface area contributed by atoms with E-state index in [0.717, 1.165) is 5.69 Å². The Labute approximate surface area is 106 Å². The zero-order valence-electron chi connectivity index (χ0n) is 9.88. The second-order valence-corrected chi connectivity index (χ2v) is 4.72. The molecule has 0 atom stereocenters. The highest BCUT2D eigenvalue weighted by molar-refractivity contribution is 7.12. The van der Waals surface area contributed by atoms with E-state index < -0.39 is 0 Å². The highest BCUT2D eigenvalue weighted by Gasteiger charge is 2.11. The molecule has 3 heterocycles. The van der Waals surface area contributed by atoms with Gasteiger partial charge in [0.15, 0.2) is 10.7 Å². The molecule has 0 saturated carbocycles. The molecule has 3 aromatic rings. The molecule has 0 fully saturated rings. The van der Waals surface area contributed by atoms with Crippen LogP contribution in [0.2, 0.25) is 0 Å². The van der Waals surface area contributed by atoms with E-state index in [1.807, 2.05) is 6.92 Å². The van der Waals surface area contributed by atoms with Gasteiger partial charge in [-0.15, -0.1) is 0 Å². The smallest absolute Gasteiger partial charge is 0.264 e. The third-order valence-corrected chi connectivity index (χ3v) is 3.48. The molecule has 0 aliphatic carbocycles. The van der Waals surface area contributed by atoms with Gasteiger partial charge < -0.3 is 4.42 Å². The lowest BCUT2D eigenvalue weighted by molar-refractivity contribution is 0.459. The normalized spacial score (nSPS) is 11.2. The van der Waals surface area contributed by atoms with Crippen molar-refractivity contribution in [3.63, 3.8) is 0 Å². The van der Waals surface area contributed by atoms with E-state index in [0.29, 0.717) is 28.4 Å². The molecule has 3 aromatic heterocycles. The van der Waals surface area contributed by atoms with Gasteiger partial charge in [0.05, 0.1) is 30.1 Å². The van der Waals surface area contributed by atoms with E-state index in [1.165, 1.54) is 22.4 Å². The van der Waals surface area contributed by atoms with E-state index in [4.69, 9.17) is 4.42 Å². The first-order valence-corrected chi connectivity index (χ1v) is 6.15. The molecule has 0 bridgehead atoms. The summed E-state index contributed by atoms with van der Waals surface area (Å²) in [7, 11) is 0. The van der Waals surface area contributed by atoms with E-state index in [-0.39, 0.29) is 5.56 Å². The number of hydrogen-bond donors (Lipinski definition) is 0. The van der Waals surface area contributed by atoms with E-state index in [2.05, 4.69) is 14.3 Å². The average Bonchev–Trinajstić information content (AvgIpc) is 2.90.